The lowest BCUT2D eigenvalue weighted by Gasteiger charge is -2.22. The monoisotopic (exact) mass is 269 g/mol. The fourth-order valence-electron chi connectivity index (χ4n) is 3.46. The Kier molecular flexibility index (Phi) is 2.71. The van der Waals surface area contributed by atoms with E-state index in [9.17, 15) is 4.79 Å². The molecule has 0 saturated heterocycles. The van der Waals surface area contributed by atoms with Crippen molar-refractivity contribution < 1.29 is 4.79 Å². The number of hydrogen-bond donors (Lipinski definition) is 1. The van der Waals surface area contributed by atoms with Crippen molar-refractivity contribution in [2.45, 2.75) is 38.5 Å². The Balaban J connectivity index is 2.18. The van der Waals surface area contributed by atoms with Crippen molar-refractivity contribution in [3.05, 3.63) is 47.3 Å². The number of carbonyl (C=O) groups excluding carboxylic acids is 1. The Labute approximate surface area is 118 Å². The van der Waals surface area contributed by atoms with Crippen LogP contribution in [0.5, 0.6) is 0 Å². The quantitative estimate of drug-likeness (QED) is 0.911. The van der Waals surface area contributed by atoms with Gasteiger partial charge in [0, 0.05) is 6.20 Å². The molecule has 0 spiro atoms. The van der Waals surface area contributed by atoms with Crippen LogP contribution < -0.4 is 5.73 Å². The maximum absolute atomic E-state index is 11.2. The van der Waals surface area contributed by atoms with E-state index in [0.717, 1.165) is 12.1 Å². The van der Waals surface area contributed by atoms with Gasteiger partial charge in [0.2, 0.25) is 0 Å². The highest BCUT2D eigenvalue weighted by Gasteiger charge is 2.37. The molecule has 104 valence electrons. The first-order chi connectivity index (χ1) is 9.40. The first kappa shape index (κ1) is 12.9. The minimum Gasteiger partial charge on any atom is -0.366 e. The largest absolute Gasteiger partial charge is 0.366 e. The molecule has 2 aromatic rings. The highest BCUT2D eigenvalue weighted by Crippen LogP contribution is 2.47. The molecule has 0 unspecified atom stereocenters. The van der Waals surface area contributed by atoms with E-state index in [4.69, 9.17) is 5.73 Å². The van der Waals surface area contributed by atoms with E-state index in [1.165, 1.54) is 17.3 Å². The summed E-state index contributed by atoms with van der Waals surface area (Å²) in [5, 5.41) is 4.29. The normalized spacial score (nSPS) is 19.9. The van der Waals surface area contributed by atoms with Crippen LogP contribution in [0.2, 0.25) is 0 Å². The van der Waals surface area contributed by atoms with Gasteiger partial charge in [-0.2, -0.15) is 5.10 Å². The summed E-state index contributed by atoms with van der Waals surface area (Å²) in [6.07, 6.45) is 4.35. The Morgan fingerprint density at radius 2 is 2.20 bits per heavy atom. The molecule has 1 aromatic heterocycles. The average molecular weight is 269 g/mol. The number of benzene rings is 1. The third-order valence-corrected chi connectivity index (χ3v) is 4.21. The number of fused-ring (bicyclic) bond motifs is 1. The van der Waals surface area contributed by atoms with E-state index in [1.54, 1.807) is 10.9 Å². The zero-order valence-electron chi connectivity index (χ0n) is 12.1. The van der Waals surface area contributed by atoms with Crippen molar-refractivity contribution in [1.82, 2.24) is 9.78 Å². The van der Waals surface area contributed by atoms with Gasteiger partial charge in [0.25, 0.3) is 5.91 Å². The number of carbonyl (C=O) groups is 1. The van der Waals surface area contributed by atoms with E-state index in [-0.39, 0.29) is 5.41 Å². The van der Waals surface area contributed by atoms with Crippen molar-refractivity contribution in [2.24, 2.45) is 5.73 Å². The smallest absolute Gasteiger partial charge is 0.251 e. The lowest BCUT2D eigenvalue weighted by molar-refractivity contribution is 0.100. The maximum Gasteiger partial charge on any atom is 0.251 e. The van der Waals surface area contributed by atoms with Gasteiger partial charge in [0.15, 0.2) is 0 Å². The van der Waals surface area contributed by atoms with E-state index in [2.05, 4.69) is 44.1 Å². The highest BCUT2D eigenvalue weighted by atomic mass is 16.1. The molecule has 0 aliphatic heterocycles. The Hall–Kier alpha value is -2.10. The van der Waals surface area contributed by atoms with Crippen LogP contribution in [0, 0.1) is 0 Å². The van der Waals surface area contributed by atoms with Crippen molar-refractivity contribution >= 4 is 5.91 Å². The van der Waals surface area contributed by atoms with Crippen LogP contribution in [-0.2, 0) is 5.41 Å². The molecule has 3 rings (SSSR count). The zero-order valence-corrected chi connectivity index (χ0v) is 12.1. The lowest BCUT2D eigenvalue weighted by Crippen LogP contribution is -2.16. The van der Waals surface area contributed by atoms with Crippen LogP contribution in [0.3, 0.4) is 0 Å². The summed E-state index contributed by atoms with van der Waals surface area (Å²) in [5.74, 6) is 0.0996. The summed E-state index contributed by atoms with van der Waals surface area (Å²) in [4.78, 5) is 11.2. The Morgan fingerprint density at radius 3 is 2.85 bits per heavy atom. The maximum atomic E-state index is 11.2. The van der Waals surface area contributed by atoms with E-state index >= 15 is 0 Å². The molecule has 0 fully saturated rings. The Morgan fingerprint density at radius 1 is 1.45 bits per heavy atom. The summed E-state index contributed by atoms with van der Waals surface area (Å²) < 4.78 is 1.76. The predicted octanol–water partition coefficient (Wildman–Crippen LogP) is 2.76. The molecule has 1 amide bonds. The summed E-state index contributed by atoms with van der Waals surface area (Å²) in [7, 11) is 0. The molecule has 20 heavy (non-hydrogen) atoms. The van der Waals surface area contributed by atoms with Gasteiger partial charge in [-0.25, -0.2) is 4.68 Å². The molecule has 1 atom stereocenters. The van der Waals surface area contributed by atoms with Crippen LogP contribution in [0.15, 0.2) is 30.6 Å². The van der Waals surface area contributed by atoms with Crippen LogP contribution in [0.1, 0.15) is 54.6 Å². The van der Waals surface area contributed by atoms with Gasteiger partial charge < -0.3 is 5.73 Å². The van der Waals surface area contributed by atoms with E-state index < -0.39 is 5.91 Å². The van der Waals surface area contributed by atoms with Gasteiger partial charge in [-0.1, -0.05) is 32.9 Å². The van der Waals surface area contributed by atoms with Crippen LogP contribution in [-0.4, -0.2) is 15.7 Å². The minimum atomic E-state index is -0.448. The molecule has 1 aliphatic carbocycles. The third-order valence-electron chi connectivity index (χ3n) is 4.21. The highest BCUT2D eigenvalue weighted by molar-refractivity contribution is 5.92. The topological polar surface area (TPSA) is 60.9 Å². The van der Waals surface area contributed by atoms with Crippen LogP contribution >= 0.6 is 0 Å². The van der Waals surface area contributed by atoms with E-state index in [0.29, 0.717) is 11.5 Å². The first-order valence-electron chi connectivity index (χ1n) is 6.88. The summed E-state index contributed by atoms with van der Waals surface area (Å²) >= 11 is 0. The molecule has 0 saturated carbocycles. The van der Waals surface area contributed by atoms with E-state index in [1.807, 2.05) is 0 Å². The lowest BCUT2D eigenvalue weighted by atomic mass is 9.85. The second-order valence-corrected chi connectivity index (χ2v) is 6.27. The molecule has 4 nitrogen and oxygen atoms in total. The predicted molar refractivity (Wildman–Crippen MR) is 78.1 cm³/mol. The number of nitrogens with two attached hydrogens (primary N) is 1. The number of amides is 1. The zero-order chi connectivity index (χ0) is 14.5. The standard InChI is InChI=1S/C16H19N3O/c1-10-7-16(2,3)14-12(10)5-4-6-13(14)19-9-11(8-18-19)15(17)20/h4-6,8-10H,7H2,1-3H3,(H2,17,20)/t10-/m0/s1. The van der Waals surface area contributed by atoms with Crippen molar-refractivity contribution in [3.63, 3.8) is 0 Å². The second-order valence-electron chi connectivity index (χ2n) is 6.27. The summed E-state index contributed by atoms with van der Waals surface area (Å²) in [5.41, 5.74) is 9.60. The second kappa shape index (κ2) is 4.20. The van der Waals surface area contributed by atoms with Gasteiger partial charge in [-0.15, -0.1) is 0 Å². The van der Waals surface area contributed by atoms with Gasteiger partial charge in [-0.05, 0) is 34.9 Å². The molecule has 4 heteroatoms. The third kappa shape index (κ3) is 1.83. The molecule has 0 bridgehead atoms. The number of aromatic nitrogens is 2. The molecule has 1 aromatic carbocycles. The molecular weight excluding hydrogens is 250 g/mol. The van der Waals surface area contributed by atoms with Gasteiger partial charge in [-0.3, -0.25) is 4.79 Å². The minimum absolute atomic E-state index is 0.115. The molecule has 0 radical (unpaired) electrons. The van der Waals surface area contributed by atoms with Crippen molar-refractivity contribution in [3.8, 4) is 5.69 Å². The van der Waals surface area contributed by atoms with Crippen LogP contribution in [0.25, 0.3) is 5.69 Å². The fraction of sp³-hybridized carbons (Fsp3) is 0.375. The summed E-state index contributed by atoms with van der Waals surface area (Å²) in [6, 6.07) is 6.30. The van der Waals surface area contributed by atoms with Gasteiger partial charge in [0.1, 0.15) is 0 Å². The SMILES string of the molecule is C[C@H]1CC(C)(C)c2c1cccc2-n1cc(C(N)=O)cn1. The number of primary amides is 1. The Bertz CT molecular complexity index is 685. The van der Waals surface area contributed by atoms with Gasteiger partial charge >= 0.3 is 0 Å². The number of hydrogen-bond acceptors (Lipinski definition) is 2. The summed E-state index contributed by atoms with van der Waals surface area (Å²) in [6.45, 7) is 6.78. The van der Waals surface area contributed by atoms with Gasteiger partial charge in [0.05, 0.1) is 17.4 Å². The number of nitrogens with zero attached hydrogens (tertiary/aromatic N) is 2. The van der Waals surface area contributed by atoms with Crippen molar-refractivity contribution in [1.29, 1.82) is 0 Å². The first-order valence-corrected chi connectivity index (χ1v) is 6.88. The number of rotatable bonds is 2. The molecule has 1 aliphatic rings. The average Bonchev–Trinajstić information content (AvgIpc) is 2.94. The fourth-order valence-corrected chi connectivity index (χ4v) is 3.46. The molecule has 1 heterocycles. The van der Waals surface area contributed by atoms with Crippen molar-refractivity contribution in [2.75, 3.05) is 0 Å². The molecule has 2 N–H and O–H groups in total. The van der Waals surface area contributed by atoms with Crippen LogP contribution in [0.4, 0.5) is 0 Å². The molecular formula is C16H19N3O.